The van der Waals surface area contributed by atoms with E-state index in [0.717, 1.165) is 36.4 Å². The van der Waals surface area contributed by atoms with Crippen molar-refractivity contribution in [2.24, 2.45) is 0 Å². The number of hydrogen-bond acceptors (Lipinski definition) is 4. The summed E-state index contributed by atoms with van der Waals surface area (Å²) in [6.07, 6.45) is -9.42. The van der Waals surface area contributed by atoms with Gasteiger partial charge in [0.2, 0.25) is 0 Å². The van der Waals surface area contributed by atoms with E-state index < -0.39 is 57.0 Å². The lowest BCUT2D eigenvalue weighted by atomic mass is 10.1. The van der Waals surface area contributed by atoms with Gasteiger partial charge in [-0.3, -0.25) is 0 Å². The van der Waals surface area contributed by atoms with Gasteiger partial charge in [-0.25, -0.2) is 9.44 Å². The molecule has 33 heavy (non-hydrogen) atoms. The second-order valence-corrected chi connectivity index (χ2v) is 10.0. The monoisotopic (exact) mass is 519 g/mol. The van der Waals surface area contributed by atoms with Crippen LogP contribution in [0.1, 0.15) is 22.3 Å². The Morgan fingerprint density at radius 1 is 0.636 bits per heavy atom. The number of benzene rings is 2. The van der Waals surface area contributed by atoms with Crippen LogP contribution in [-0.4, -0.2) is 29.9 Å². The summed E-state index contributed by atoms with van der Waals surface area (Å²) in [7, 11) is -9.18. The van der Waals surface area contributed by atoms with Crippen molar-refractivity contribution >= 4 is 20.4 Å². The third kappa shape index (κ3) is 9.29. The molecule has 0 aromatic heterocycles. The molecule has 0 heterocycles. The van der Waals surface area contributed by atoms with Crippen molar-refractivity contribution in [1.82, 2.24) is 13.6 Å². The van der Waals surface area contributed by atoms with Crippen molar-refractivity contribution in [2.75, 3.05) is 13.1 Å². The summed E-state index contributed by atoms with van der Waals surface area (Å²) in [6, 6.07) is 8.40. The van der Waals surface area contributed by atoms with Crippen LogP contribution in [0.5, 0.6) is 0 Å². The van der Waals surface area contributed by atoms with E-state index in [1.165, 1.54) is 16.3 Å². The van der Waals surface area contributed by atoms with Gasteiger partial charge >= 0.3 is 12.4 Å². The van der Waals surface area contributed by atoms with Crippen molar-refractivity contribution in [3.8, 4) is 0 Å². The van der Waals surface area contributed by atoms with Crippen LogP contribution in [0.2, 0.25) is 0 Å². The van der Waals surface area contributed by atoms with Gasteiger partial charge in [0.05, 0.1) is 11.1 Å². The molecule has 0 saturated heterocycles. The molecule has 0 amide bonds. The van der Waals surface area contributed by atoms with Crippen LogP contribution in [0.25, 0.3) is 0 Å². The molecule has 0 unspecified atom stereocenters. The van der Waals surface area contributed by atoms with Gasteiger partial charge in [0.1, 0.15) is 0 Å². The van der Waals surface area contributed by atoms with Crippen LogP contribution in [0.15, 0.2) is 48.5 Å². The summed E-state index contributed by atoms with van der Waals surface area (Å²) in [5.41, 5.74) is -1.47. The van der Waals surface area contributed by atoms with E-state index in [9.17, 15) is 43.2 Å². The van der Waals surface area contributed by atoms with Crippen molar-refractivity contribution in [2.45, 2.75) is 25.2 Å². The number of halogens is 6. The van der Waals surface area contributed by atoms with Gasteiger partial charge in [-0.15, -0.1) is 0 Å². The van der Waals surface area contributed by atoms with Crippen molar-refractivity contribution < 1.29 is 43.2 Å². The summed E-state index contributed by atoms with van der Waals surface area (Å²) < 4.78 is 129. The highest BCUT2D eigenvalue weighted by molar-refractivity contribution is 8.02. The molecular weight excluding hydrogens is 500 g/mol. The Hall–Kier alpha value is -2.20. The fourth-order valence-corrected chi connectivity index (χ4v) is 5.04. The SMILES string of the molecule is O=S(=O)(NCCc1cccc(C(F)(F)F)c1)NS(=O)(=O)NCCc1cccc(C(F)(F)F)c1. The first-order valence-corrected chi connectivity index (χ1v) is 12.1. The molecular formula is C18H19F6N3O4S2. The van der Waals surface area contributed by atoms with Gasteiger partial charge in [-0.1, -0.05) is 40.5 Å². The van der Waals surface area contributed by atoms with Gasteiger partial charge < -0.3 is 0 Å². The van der Waals surface area contributed by atoms with Gasteiger partial charge in [-0.2, -0.15) is 43.2 Å². The maximum atomic E-state index is 12.7. The molecule has 2 aromatic rings. The van der Waals surface area contributed by atoms with Crippen molar-refractivity contribution in [1.29, 1.82) is 0 Å². The highest BCUT2D eigenvalue weighted by Crippen LogP contribution is 2.30. The first-order chi connectivity index (χ1) is 15.1. The van der Waals surface area contributed by atoms with Gasteiger partial charge in [-0.05, 0) is 36.1 Å². The molecule has 0 aliphatic rings. The first kappa shape index (κ1) is 27.0. The molecule has 0 bridgehead atoms. The molecule has 3 N–H and O–H groups in total. The molecule has 2 aromatic carbocycles. The third-order valence-electron chi connectivity index (χ3n) is 4.14. The minimum atomic E-state index is -4.59. The summed E-state index contributed by atoms with van der Waals surface area (Å²) >= 11 is 0. The van der Waals surface area contributed by atoms with E-state index in [-0.39, 0.29) is 24.0 Å². The number of nitrogens with one attached hydrogen (secondary N) is 3. The minimum absolute atomic E-state index is 0.145. The summed E-state index contributed by atoms with van der Waals surface area (Å²) in [6.45, 7) is -0.785. The lowest BCUT2D eigenvalue weighted by Gasteiger charge is -2.12. The lowest BCUT2D eigenvalue weighted by molar-refractivity contribution is -0.138. The van der Waals surface area contributed by atoms with E-state index >= 15 is 0 Å². The molecule has 0 atom stereocenters. The van der Waals surface area contributed by atoms with E-state index in [4.69, 9.17) is 0 Å². The second kappa shape index (κ2) is 10.4. The largest absolute Gasteiger partial charge is 0.416 e. The lowest BCUT2D eigenvalue weighted by Crippen LogP contribution is -2.46. The Bertz CT molecular complexity index is 1070. The molecule has 0 fully saturated rings. The van der Waals surface area contributed by atoms with Gasteiger partial charge in [0.15, 0.2) is 0 Å². The molecule has 7 nitrogen and oxygen atoms in total. The normalized spacial score (nSPS) is 13.3. The summed E-state index contributed by atoms with van der Waals surface area (Å²) in [4.78, 5) is 0. The third-order valence-corrected chi connectivity index (χ3v) is 7.06. The topological polar surface area (TPSA) is 104 Å². The summed E-state index contributed by atoms with van der Waals surface area (Å²) in [5, 5.41) is 0. The molecule has 2 rings (SSSR count). The predicted molar refractivity (Wildman–Crippen MR) is 107 cm³/mol. The zero-order valence-electron chi connectivity index (χ0n) is 16.7. The highest BCUT2D eigenvalue weighted by Gasteiger charge is 2.31. The zero-order chi connectivity index (χ0) is 24.9. The van der Waals surface area contributed by atoms with Crippen LogP contribution < -0.4 is 13.6 Å². The average molecular weight is 519 g/mol. The molecule has 0 spiro atoms. The standard InChI is InChI=1S/C18H19F6N3O4S2/c19-17(20,21)15-5-1-3-13(11-15)7-9-25-32(28,29)27-33(30,31)26-10-8-14-4-2-6-16(12-14)18(22,23)24/h1-6,11-12,25-27H,7-10H2. The van der Waals surface area contributed by atoms with Crippen LogP contribution in [0, 0.1) is 0 Å². The fraction of sp³-hybridized carbons (Fsp3) is 0.333. The number of hydrogen-bond donors (Lipinski definition) is 3. The van der Waals surface area contributed by atoms with Gasteiger partial charge in [0.25, 0.3) is 20.4 Å². The maximum Gasteiger partial charge on any atom is 0.416 e. The molecule has 0 aliphatic heterocycles. The van der Waals surface area contributed by atoms with E-state index in [1.807, 2.05) is 9.44 Å². The molecule has 0 radical (unpaired) electrons. The fourth-order valence-electron chi connectivity index (χ4n) is 2.67. The van der Waals surface area contributed by atoms with Crippen LogP contribution >= 0.6 is 0 Å². The molecule has 0 saturated carbocycles. The molecule has 15 heteroatoms. The second-order valence-electron chi connectivity index (χ2n) is 6.78. The zero-order valence-corrected chi connectivity index (χ0v) is 18.3. The summed E-state index contributed by atoms with van der Waals surface area (Å²) in [5.74, 6) is 0. The Labute approximate surface area is 186 Å². The Morgan fingerprint density at radius 2 is 1.00 bits per heavy atom. The van der Waals surface area contributed by atoms with Crippen LogP contribution in [0.3, 0.4) is 0 Å². The average Bonchev–Trinajstić information content (AvgIpc) is 2.66. The highest BCUT2D eigenvalue weighted by atomic mass is 32.3. The predicted octanol–water partition coefficient (Wildman–Crippen LogP) is 2.77. The minimum Gasteiger partial charge on any atom is -0.201 e. The quantitative estimate of drug-likeness (QED) is 0.420. The maximum absolute atomic E-state index is 12.7. The molecule has 0 aliphatic carbocycles. The van der Waals surface area contributed by atoms with Crippen molar-refractivity contribution in [3.05, 3.63) is 70.8 Å². The smallest absolute Gasteiger partial charge is 0.201 e. The Kier molecular flexibility index (Phi) is 8.51. The van der Waals surface area contributed by atoms with Crippen molar-refractivity contribution in [3.63, 3.8) is 0 Å². The van der Waals surface area contributed by atoms with Gasteiger partial charge in [0, 0.05) is 13.1 Å². The molecule has 184 valence electrons. The number of alkyl halides is 6. The number of rotatable bonds is 10. The van der Waals surface area contributed by atoms with Crippen LogP contribution in [0.4, 0.5) is 26.3 Å². The first-order valence-electron chi connectivity index (χ1n) is 9.17. The Balaban J connectivity index is 1.86. The van der Waals surface area contributed by atoms with Crippen LogP contribution in [-0.2, 0) is 45.6 Å². The van der Waals surface area contributed by atoms with E-state index in [0.29, 0.717) is 0 Å². The van der Waals surface area contributed by atoms with E-state index in [1.54, 1.807) is 0 Å². The van der Waals surface area contributed by atoms with E-state index in [2.05, 4.69) is 0 Å². The Morgan fingerprint density at radius 3 is 1.33 bits per heavy atom.